The first-order valence-corrected chi connectivity index (χ1v) is 13.8. The Bertz CT molecular complexity index is 2050. The van der Waals surface area contributed by atoms with Crippen molar-refractivity contribution in [2.45, 2.75) is 26.7 Å². The number of para-hydroxylation sites is 2. The summed E-state index contributed by atoms with van der Waals surface area (Å²) in [6, 6.07) is 36.1. The van der Waals surface area contributed by atoms with E-state index in [4.69, 9.17) is 0 Å². The van der Waals surface area contributed by atoms with Gasteiger partial charge < -0.3 is 9.13 Å². The van der Waals surface area contributed by atoms with Crippen molar-refractivity contribution in [1.82, 2.24) is 9.13 Å². The third-order valence-electron chi connectivity index (χ3n) is 8.03. The minimum atomic E-state index is -0.0313. The highest BCUT2D eigenvalue weighted by atomic mass is 16.1. The van der Waals surface area contributed by atoms with Crippen molar-refractivity contribution in [2.24, 2.45) is 0 Å². The average molecular weight is 521 g/mol. The molecule has 40 heavy (non-hydrogen) atoms. The van der Waals surface area contributed by atoms with Gasteiger partial charge in [0.2, 0.25) is 0 Å². The van der Waals surface area contributed by atoms with Gasteiger partial charge in [-0.15, -0.1) is 0 Å². The SMILES string of the molecule is CCc1ccc2c(=O)c3cc4c(cc3n(-c3ccccc3)c2c1)c(=O)c1ccc(CC)cc1n4-c1ccccc1. The molecule has 0 spiro atoms. The average Bonchev–Trinajstić information content (AvgIpc) is 3.01. The minimum Gasteiger partial charge on any atom is -0.309 e. The molecule has 0 radical (unpaired) electrons. The highest BCUT2D eigenvalue weighted by Crippen LogP contribution is 2.31. The highest BCUT2D eigenvalue weighted by molar-refractivity contribution is 6.05. The van der Waals surface area contributed by atoms with Crippen molar-refractivity contribution in [1.29, 1.82) is 0 Å². The summed E-state index contributed by atoms with van der Waals surface area (Å²) in [6.45, 7) is 4.23. The molecule has 0 N–H and O–H groups in total. The number of pyridine rings is 2. The number of aryl methyl sites for hydroxylation is 2. The Morgan fingerprint density at radius 2 is 0.825 bits per heavy atom. The standard InChI is InChI=1S/C36H28N2O2/c1-3-23-15-17-27-31(19-23)37(25-11-7-5-8-12-25)33-21-30-34(22-29(33)35(27)39)38(26-13-9-6-10-14-26)32-20-24(4-2)16-18-28(32)36(30)40/h5-22H,3-4H2,1-2H3. The molecular formula is C36H28N2O2. The van der Waals surface area contributed by atoms with E-state index in [-0.39, 0.29) is 10.9 Å². The van der Waals surface area contributed by atoms with Crippen LogP contribution in [0.3, 0.4) is 0 Å². The van der Waals surface area contributed by atoms with Crippen molar-refractivity contribution in [3.05, 3.63) is 141 Å². The molecule has 4 nitrogen and oxygen atoms in total. The van der Waals surface area contributed by atoms with Gasteiger partial charge in [-0.05, 0) is 84.6 Å². The van der Waals surface area contributed by atoms with Crippen LogP contribution in [0.25, 0.3) is 55.0 Å². The van der Waals surface area contributed by atoms with Crippen molar-refractivity contribution >= 4 is 43.6 Å². The molecule has 0 unspecified atom stereocenters. The van der Waals surface area contributed by atoms with Crippen LogP contribution >= 0.6 is 0 Å². The van der Waals surface area contributed by atoms with Crippen LogP contribution in [0.1, 0.15) is 25.0 Å². The molecule has 0 aliphatic carbocycles. The lowest BCUT2D eigenvalue weighted by Crippen LogP contribution is -2.15. The number of fused-ring (bicyclic) bond motifs is 4. The predicted octanol–water partition coefficient (Wildman–Crippen LogP) is 7.73. The van der Waals surface area contributed by atoms with Crippen LogP contribution in [0.4, 0.5) is 0 Å². The molecule has 0 amide bonds. The Labute approximate surface area is 231 Å². The molecule has 0 saturated heterocycles. The van der Waals surface area contributed by atoms with Crippen molar-refractivity contribution < 1.29 is 0 Å². The molecule has 0 aliphatic heterocycles. The quantitative estimate of drug-likeness (QED) is 0.223. The second kappa shape index (κ2) is 9.35. The van der Waals surface area contributed by atoms with E-state index in [2.05, 4.69) is 35.1 Å². The van der Waals surface area contributed by atoms with E-state index >= 15 is 0 Å². The summed E-state index contributed by atoms with van der Waals surface area (Å²) in [5, 5.41) is 2.50. The largest absolute Gasteiger partial charge is 0.309 e. The van der Waals surface area contributed by atoms with Gasteiger partial charge in [0.15, 0.2) is 10.9 Å². The molecule has 0 bridgehead atoms. The molecular weight excluding hydrogens is 492 g/mol. The fourth-order valence-electron chi connectivity index (χ4n) is 5.92. The van der Waals surface area contributed by atoms with Crippen molar-refractivity contribution in [3.63, 3.8) is 0 Å². The number of nitrogens with zero attached hydrogens (tertiary/aromatic N) is 2. The number of hydrogen-bond donors (Lipinski definition) is 0. The molecule has 194 valence electrons. The summed E-state index contributed by atoms with van der Waals surface area (Å²) in [4.78, 5) is 28.2. The fraction of sp³-hybridized carbons (Fsp3) is 0.111. The van der Waals surface area contributed by atoms with Crippen LogP contribution in [0.15, 0.2) is 119 Å². The Kier molecular flexibility index (Phi) is 5.64. The molecule has 0 fully saturated rings. The van der Waals surface area contributed by atoms with E-state index in [0.717, 1.165) is 57.4 Å². The molecule has 0 aliphatic rings. The van der Waals surface area contributed by atoms with Gasteiger partial charge in [-0.2, -0.15) is 0 Å². The topological polar surface area (TPSA) is 44.0 Å². The zero-order valence-electron chi connectivity index (χ0n) is 22.5. The van der Waals surface area contributed by atoms with Crippen molar-refractivity contribution in [3.8, 4) is 11.4 Å². The number of hydrogen-bond acceptors (Lipinski definition) is 2. The molecule has 4 heteroatoms. The lowest BCUT2D eigenvalue weighted by Gasteiger charge is -2.20. The molecule has 0 atom stereocenters. The maximum Gasteiger partial charge on any atom is 0.197 e. The summed E-state index contributed by atoms with van der Waals surface area (Å²) >= 11 is 0. The number of benzene rings is 5. The Morgan fingerprint density at radius 3 is 1.20 bits per heavy atom. The minimum absolute atomic E-state index is 0.0313. The van der Waals surface area contributed by atoms with E-state index in [0.29, 0.717) is 21.5 Å². The first-order valence-electron chi connectivity index (χ1n) is 13.8. The van der Waals surface area contributed by atoms with Gasteiger partial charge in [0.25, 0.3) is 0 Å². The van der Waals surface area contributed by atoms with Gasteiger partial charge in [-0.1, -0.05) is 62.4 Å². The Morgan fingerprint density at radius 1 is 0.450 bits per heavy atom. The molecule has 7 rings (SSSR count). The molecule has 7 aromatic rings. The third-order valence-corrected chi connectivity index (χ3v) is 8.03. The van der Waals surface area contributed by atoms with Crippen LogP contribution in [0.2, 0.25) is 0 Å². The van der Waals surface area contributed by atoms with Crippen LogP contribution in [0.5, 0.6) is 0 Å². The summed E-state index contributed by atoms with van der Waals surface area (Å²) in [5.74, 6) is 0. The predicted molar refractivity (Wildman–Crippen MR) is 166 cm³/mol. The molecule has 2 aromatic heterocycles. The lowest BCUT2D eigenvalue weighted by molar-refractivity contribution is 1.11. The Balaban J connectivity index is 1.75. The normalized spacial score (nSPS) is 11.7. The molecule has 0 saturated carbocycles. The van der Waals surface area contributed by atoms with Gasteiger partial charge in [0, 0.05) is 32.9 Å². The van der Waals surface area contributed by atoms with E-state index in [1.165, 1.54) is 0 Å². The first-order chi connectivity index (χ1) is 19.6. The number of aromatic nitrogens is 2. The monoisotopic (exact) mass is 520 g/mol. The van der Waals surface area contributed by atoms with Gasteiger partial charge in [-0.25, -0.2) is 0 Å². The summed E-state index contributed by atoms with van der Waals surface area (Å²) in [6.07, 6.45) is 1.73. The summed E-state index contributed by atoms with van der Waals surface area (Å²) < 4.78 is 4.25. The zero-order chi connectivity index (χ0) is 27.4. The second-order valence-corrected chi connectivity index (χ2v) is 10.3. The Hall–Kier alpha value is -4.96. The van der Waals surface area contributed by atoms with Crippen LogP contribution in [-0.2, 0) is 12.8 Å². The van der Waals surface area contributed by atoms with Gasteiger partial charge in [0.05, 0.1) is 22.1 Å². The summed E-state index contributed by atoms with van der Waals surface area (Å²) in [7, 11) is 0. The van der Waals surface area contributed by atoms with E-state index in [1.807, 2.05) is 97.1 Å². The van der Waals surface area contributed by atoms with Gasteiger partial charge in [0.1, 0.15) is 0 Å². The van der Waals surface area contributed by atoms with Gasteiger partial charge in [-0.3, -0.25) is 9.59 Å². The van der Waals surface area contributed by atoms with Gasteiger partial charge >= 0.3 is 0 Å². The third kappa shape index (κ3) is 3.60. The highest BCUT2D eigenvalue weighted by Gasteiger charge is 2.19. The number of rotatable bonds is 4. The molecule has 5 aromatic carbocycles. The first kappa shape index (κ1) is 24.1. The fourth-order valence-corrected chi connectivity index (χ4v) is 5.92. The second-order valence-electron chi connectivity index (χ2n) is 10.3. The van der Waals surface area contributed by atoms with Crippen LogP contribution in [-0.4, -0.2) is 9.13 Å². The smallest absolute Gasteiger partial charge is 0.197 e. The van der Waals surface area contributed by atoms with E-state index < -0.39 is 0 Å². The maximum atomic E-state index is 14.1. The van der Waals surface area contributed by atoms with Crippen molar-refractivity contribution in [2.75, 3.05) is 0 Å². The van der Waals surface area contributed by atoms with Crippen LogP contribution in [0, 0.1) is 0 Å². The summed E-state index contributed by atoms with van der Waals surface area (Å²) in [5.41, 5.74) is 7.28. The maximum absolute atomic E-state index is 14.1. The lowest BCUT2D eigenvalue weighted by atomic mass is 10.0. The molecule has 2 heterocycles. The zero-order valence-corrected chi connectivity index (χ0v) is 22.5. The van der Waals surface area contributed by atoms with E-state index in [9.17, 15) is 9.59 Å². The van der Waals surface area contributed by atoms with Crippen LogP contribution < -0.4 is 10.9 Å². The van der Waals surface area contributed by atoms with E-state index in [1.54, 1.807) is 0 Å².